The molecule has 21 heavy (non-hydrogen) atoms. The minimum Gasteiger partial charge on any atom is -0.339 e. The minimum absolute atomic E-state index is 0.113. The van der Waals surface area contributed by atoms with E-state index in [2.05, 4.69) is 13.8 Å². The summed E-state index contributed by atoms with van der Waals surface area (Å²) in [5, 5.41) is 11.1. The first-order valence-corrected chi connectivity index (χ1v) is 7.41. The van der Waals surface area contributed by atoms with Crippen molar-refractivity contribution in [1.82, 2.24) is 4.90 Å². The second kappa shape index (κ2) is 6.02. The molecule has 0 unspecified atom stereocenters. The van der Waals surface area contributed by atoms with Crippen LogP contribution < -0.4 is 0 Å². The Hall–Kier alpha value is -1.62. The van der Waals surface area contributed by atoms with Crippen molar-refractivity contribution in [1.29, 1.82) is 0 Å². The number of benzene rings is 1. The minimum atomic E-state index is -0.515. The molecule has 1 aromatic carbocycles. The summed E-state index contributed by atoms with van der Waals surface area (Å²) in [4.78, 5) is 24.7. The van der Waals surface area contributed by atoms with Gasteiger partial charge in [0.25, 0.3) is 11.6 Å². The summed E-state index contributed by atoms with van der Waals surface area (Å²) in [6.45, 7) is 5.72. The molecule has 0 atom stereocenters. The van der Waals surface area contributed by atoms with Crippen LogP contribution in [0.2, 0.25) is 5.02 Å². The van der Waals surface area contributed by atoms with Crippen LogP contribution in [-0.2, 0) is 0 Å². The van der Waals surface area contributed by atoms with Crippen LogP contribution in [0, 0.1) is 15.5 Å². The molecule has 1 aliphatic rings. The van der Waals surface area contributed by atoms with E-state index >= 15 is 0 Å². The molecule has 0 spiro atoms. The number of nitro benzene ring substituents is 1. The lowest BCUT2D eigenvalue weighted by molar-refractivity contribution is -0.384. The van der Waals surface area contributed by atoms with Gasteiger partial charge in [-0.25, -0.2) is 0 Å². The Morgan fingerprint density at radius 3 is 2.71 bits per heavy atom. The molecule has 1 aromatic rings. The van der Waals surface area contributed by atoms with Crippen LogP contribution >= 0.6 is 11.6 Å². The summed E-state index contributed by atoms with van der Waals surface area (Å²) < 4.78 is 0. The van der Waals surface area contributed by atoms with Gasteiger partial charge in [-0.15, -0.1) is 0 Å². The number of non-ortho nitro benzene ring substituents is 1. The van der Waals surface area contributed by atoms with Crippen molar-refractivity contribution in [3.8, 4) is 0 Å². The Balaban J connectivity index is 2.23. The number of amides is 1. The Kier molecular flexibility index (Phi) is 4.52. The fourth-order valence-corrected chi connectivity index (χ4v) is 2.79. The molecule has 1 saturated heterocycles. The van der Waals surface area contributed by atoms with Crippen molar-refractivity contribution in [3.63, 3.8) is 0 Å². The highest BCUT2D eigenvalue weighted by Gasteiger charge is 2.27. The van der Waals surface area contributed by atoms with Gasteiger partial charge in [0, 0.05) is 25.2 Å². The Labute approximate surface area is 129 Å². The van der Waals surface area contributed by atoms with E-state index in [1.165, 1.54) is 18.2 Å². The second-order valence-electron chi connectivity index (χ2n) is 6.23. The normalized spacial score (nSPS) is 18.1. The third-order valence-electron chi connectivity index (χ3n) is 4.02. The number of carbonyl (C=O) groups is 1. The lowest BCUT2D eigenvalue weighted by Crippen LogP contribution is -2.32. The molecule has 1 amide bonds. The molecule has 5 nitrogen and oxygen atoms in total. The molecular weight excluding hydrogens is 292 g/mol. The molecule has 2 rings (SSSR count). The Bertz CT molecular complexity index is 572. The highest BCUT2D eigenvalue weighted by molar-refractivity contribution is 6.33. The van der Waals surface area contributed by atoms with Gasteiger partial charge in [-0.2, -0.15) is 0 Å². The molecule has 1 aliphatic heterocycles. The van der Waals surface area contributed by atoms with Crippen molar-refractivity contribution in [2.75, 3.05) is 13.1 Å². The maximum Gasteiger partial charge on any atom is 0.270 e. The highest BCUT2D eigenvalue weighted by Crippen LogP contribution is 2.31. The van der Waals surface area contributed by atoms with Gasteiger partial charge in [0.05, 0.1) is 15.5 Å². The SMILES string of the molecule is CC1(C)CCCN(C(=O)c2cc([N+](=O)[O-])ccc2Cl)CC1. The zero-order valence-electron chi connectivity index (χ0n) is 12.3. The van der Waals surface area contributed by atoms with E-state index < -0.39 is 4.92 Å². The largest absolute Gasteiger partial charge is 0.339 e. The van der Waals surface area contributed by atoms with Gasteiger partial charge in [-0.1, -0.05) is 25.4 Å². The molecule has 0 bridgehead atoms. The zero-order chi connectivity index (χ0) is 15.6. The number of rotatable bonds is 2. The maximum absolute atomic E-state index is 12.6. The number of likely N-dealkylation sites (tertiary alicyclic amines) is 1. The second-order valence-corrected chi connectivity index (χ2v) is 6.64. The van der Waals surface area contributed by atoms with E-state index in [-0.39, 0.29) is 27.6 Å². The summed E-state index contributed by atoms with van der Waals surface area (Å²) in [5.41, 5.74) is 0.324. The van der Waals surface area contributed by atoms with E-state index in [1.54, 1.807) is 4.90 Å². The molecule has 0 aromatic heterocycles. The fraction of sp³-hybridized carbons (Fsp3) is 0.533. The van der Waals surface area contributed by atoms with Crippen LogP contribution in [0.25, 0.3) is 0 Å². The van der Waals surface area contributed by atoms with Crippen LogP contribution in [0.3, 0.4) is 0 Å². The van der Waals surface area contributed by atoms with Crippen LogP contribution in [-0.4, -0.2) is 28.8 Å². The summed E-state index contributed by atoms with van der Waals surface area (Å²) >= 11 is 6.04. The summed E-state index contributed by atoms with van der Waals surface area (Å²) in [5.74, 6) is -0.221. The zero-order valence-corrected chi connectivity index (χ0v) is 13.0. The Morgan fingerprint density at radius 1 is 1.33 bits per heavy atom. The van der Waals surface area contributed by atoms with E-state index in [1.807, 2.05) is 0 Å². The predicted octanol–water partition coefficient (Wildman–Crippen LogP) is 3.90. The average Bonchev–Trinajstić information content (AvgIpc) is 2.59. The van der Waals surface area contributed by atoms with Crippen molar-refractivity contribution in [2.24, 2.45) is 5.41 Å². The predicted molar refractivity (Wildman–Crippen MR) is 81.6 cm³/mol. The summed E-state index contributed by atoms with van der Waals surface area (Å²) in [7, 11) is 0. The average molecular weight is 311 g/mol. The van der Waals surface area contributed by atoms with Gasteiger partial charge in [0.1, 0.15) is 0 Å². The first-order valence-electron chi connectivity index (χ1n) is 7.03. The monoisotopic (exact) mass is 310 g/mol. The third kappa shape index (κ3) is 3.73. The maximum atomic E-state index is 12.6. The molecule has 0 N–H and O–H groups in total. The first kappa shape index (κ1) is 15.8. The van der Waals surface area contributed by atoms with Crippen molar-refractivity contribution in [3.05, 3.63) is 38.9 Å². The van der Waals surface area contributed by atoms with E-state index in [4.69, 9.17) is 11.6 Å². The number of carbonyl (C=O) groups excluding carboxylic acids is 1. The van der Waals surface area contributed by atoms with Gasteiger partial charge in [-0.3, -0.25) is 14.9 Å². The molecule has 0 saturated carbocycles. The number of hydrogen-bond donors (Lipinski definition) is 0. The first-order chi connectivity index (χ1) is 9.80. The van der Waals surface area contributed by atoms with Crippen molar-refractivity contribution < 1.29 is 9.72 Å². The third-order valence-corrected chi connectivity index (χ3v) is 4.35. The molecule has 1 fully saturated rings. The van der Waals surface area contributed by atoms with Crippen LogP contribution in [0.4, 0.5) is 5.69 Å². The highest BCUT2D eigenvalue weighted by atomic mass is 35.5. The Morgan fingerprint density at radius 2 is 2.05 bits per heavy atom. The van der Waals surface area contributed by atoms with Gasteiger partial charge in [0.15, 0.2) is 0 Å². The molecule has 6 heteroatoms. The van der Waals surface area contributed by atoms with Crippen molar-refractivity contribution >= 4 is 23.2 Å². The van der Waals surface area contributed by atoms with Crippen LogP contribution in [0.5, 0.6) is 0 Å². The number of halogens is 1. The quantitative estimate of drug-likeness (QED) is 0.614. The van der Waals surface area contributed by atoms with Gasteiger partial charge >= 0.3 is 0 Å². The number of nitro groups is 1. The van der Waals surface area contributed by atoms with E-state index in [0.29, 0.717) is 13.1 Å². The van der Waals surface area contributed by atoms with Crippen LogP contribution in [0.1, 0.15) is 43.5 Å². The van der Waals surface area contributed by atoms with Gasteiger partial charge < -0.3 is 4.90 Å². The van der Waals surface area contributed by atoms with E-state index in [0.717, 1.165) is 19.3 Å². The smallest absolute Gasteiger partial charge is 0.270 e. The molecule has 0 radical (unpaired) electrons. The molecule has 114 valence electrons. The summed E-state index contributed by atoms with van der Waals surface area (Å²) in [6, 6.07) is 3.99. The van der Waals surface area contributed by atoms with Crippen LogP contribution in [0.15, 0.2) is 18.2 Å². The standard InChI is InChI=1S/C15H19ClN2O3/c1-15(2)6-3-8-17(9-7-15)14(19)12-10-11(18(20)21)4-5-13(12)16/h4-5,10H,3,6-9H2,1-2H3. The lowest BCUT2D eigenvalue weighted by atomic mass is 9.85. The number of hydrogen-bond acceptors (Lipinski definition) is 3. The number of nitrogens with zero attached hydrogens (tertiary/aromatic N) is 2. The lowest BCUT2D eigenvalue weighted by Gasteiger charge is -2.23. The topological polar surface area (TPSA) is 63.5 Å². The van der Waals surface area contributed by atoms with Gasteiger partial charge in [-0.05, 0) is 30.7 Å². The van der Waals surface area contributed by atoms with Crippen molar-refractivity contribution in [2.45, 2.75) is 33.1 Å². The molecule has 1 heterocycles. The van der Waals surface area contributed by atoms with Gasteiger partial charge in [0.2, 0.25) is 0 Å². The summed E-state index contributed by atoms with van der Waals surface area (Å²) in [6.07, 6.45) is 2.93. The van der Waals surface area contributed by atoms with E-state index in [9.17, 15) is 14.9 Å². The molecular formula is C15H19ClN2O3. The fourth-order valence-electron chi connectivity index (χ4n) is 2.59. The molecule has 0 aliphatic carbocycles.